The summed E-state index contributed by atoms with van der Waals surface area (Å²) in [6, 6.07) is 0.328. The van der Waals surface area contributed by atoms with Crippen molar-refractivity contribution in [2.45, 2.75) is 52.5 Å². The largest absolute Gasteiger partial charge is 0.356 e. The molecule has 1 rings (SSSR count). The number of hydrogen-bond donors (Lipinski definition) is 2. The maximum atomic E-state index is 12.3. The summed E-state index contributed by atoms with van der Waals surface area (Å²) in [6.45, 7) is 9.26. The highest BCUT2D eigenvalue weighted by Crippen LogP contribution is 2.10. The zero-order valence-corrected chi connectivity index (χ0v) is 13.1. The smallest absolute Gasteiger partial charge is 0.224 e. The van der Waals surface area contributed by atoms with E-state index in [9.17, 15) is 9.59 Å². The topological polar surface area (TPSA) is 61.4 Å². The summed E-state index contributed by atoms with van der Waals surface area (Å²) in [6.07, 6.45) is 2.94. The summed E-state index contributed by atoms with van der Waals surface area (Å²) < 4.78 is 0. The van der Waals surface area contributed by atoms with Gasteiger partial charge in [0.25, 0.3) is 0 Å². The predicted molar refractivity (Wildman–Crippen MR) is 80.4 cm³/mol. The van der Waals surface area contributed by atoms with E-state index in [1.54, 1.807) is 0 Å². The standard InChI is InChI=1S/C15H29N3O2/c1-4-9-18(13-5-7-16-11-13)15(20)6-8-17-14(19)10-12(2)3/h12-13,16H,4-11H2,1-3H3,(H,17,19). The van der Waals surface area contributed by atoms with Gasteiger partial charge in [0.05, 0.1) is 0 Å². The average Bonchev–Trinajstić information content (AvgIpc) is 2.88. The third-order valence-electron chi connectivity index (χ3n) is 3.51. The van der Waals surface area contributed by atoms with Crippen LogP contribution >= 0.6 is 0 Å². The van der Waals surface area contributed by atoms with Crippen LogP contribution in [0.25, 0.3) is 0 Å². The number of hydrogen-bond acceptors (Lipinski definition) is 3. The average molecular weight is 283 g/mol. The van der Waals surface area contributed by atoms with E-state index in [1.807, 2.05) is 18.7 Å². The molecule has 0 saturated carbocycles. The summed E-state index contributed by atoms with van der Waals surface area (Å²) >= 11 is 0. The molecule has 0 bridgehead atoms. The van der Waals surface area contributed by atoms with Crippen LogP contribution in [0.5, 0.6) is 0 Å². The third-order valence-corrected chi connectivity index (χ3v) is 3.51. The van der Waals surface area contributed by atoms with E-state index in [4.69, 9.17) is 0 Å². The normalized spacial score (nSPS) is 18.3. The van der Waals surface area contributed by atoms with Crippen molar-refractivity contribution in [3.05, 3.63) is 0 Å². The van der Waals surface area contributed by atoms with Crippen LogP contribution in [0.15, 0.2) is 0 Å². The minimum Gasteiger partial charge on any atom is -0.356 e. The van der Waals surface area contributed by atoms with Crippen LogP contribution in [0.4, 0.5) is 0 Å². The molecule has 20 heavy (non-hydrogen) atoms. The van der Waals surface area contributed by atoms with Crippen molar-refractivity contribution in [3.63, 3.8) is 0 Å². The van der Waals surface area contributed by atoms with Gasteiger partial charge < -0.3 is 15.5 Å². The third kappa shape index (κ3) is 5.90. The highest BCUT2D eigenvalue weighted by Gasteiger charge is 2.25. The van der Waals surface area contributed by atoms with Gasteiger partial charge in [-0.3, -0.25) is 9.59 Å². The summed E-state index contributed by atoms with van der Waals surface area (Å²) in [4.78, 5) is 25.8. The summed E-state index contributed by atoms with van der Waals surface area (Å²) in [7, 11) is 0. The van der Waals surface area contributed by atoms with E-state index in [2.05, 4.69) is 17.6 Å². The first-order valence-corrected chi connectivity index (χ1v) is 7.81. The summed E-state index contributed by atoms with van der Waals surface area (Å²) in [5.74, 6) is 0.551. The molecule has 5 heteroatoms. The van der Waals surface area contributed by atoms with E-state index in [0.717, 1.165) is 32.5 Å². The van der Waals surface area contributed by atoms with E-state index in [0.29, 0.717) is 31.3 Å². The lowest BCUT2D eigenvalue weighted by Crippen LogP contribution is -2.43. The zero-order valence-electron chi connectivity index (χ0n) is 13.1. The first kappa shape index (κ1) is 17.0. The molecule has 0 spiro atoms. The molecular formula is C15H29N3O2. The van der Waals surface area contributed by atoms with E-state index in [1.165, 1.54) is 0 Å². The Bertz CT molecular complexity index is 312. The molecule has 0 aromatic heterocycles. The number of nitrogens with zero attached hydrogens (tertiary/aromatic N) is 1. The Hall–Kier alpha value is -1.10. The Kier molecular flexibility index (Phi) is 7.59. The van der Waals surface area contributed by atoms with Gasteiger partial charge in [0.15, 0.2) is 0 Å². The van der Waals surface area contributed by atoms with Gasteiger partial charge in [0, 0.05) is 38.5 Å². The zero-order chi connectivity index (χ0) is 15.0. The number of amides is 2. The van der Waals surface area contributed by atoms with Crippen LogP contribution in [-0.4, -0.2) is 48.9 Å². The molecule has 0 radical (unpaired) electrons. The first-order chi connectivity index (χ1) is 9.54. The van der Waals surface area contributed by atoms with E-state index >= 15 is 0 Å². The Morgan fingerprint density at radius 3 is 2.70 bits per heavy atom. The molecule has 5 nitrogen and oxygen atoms in total. The predicted octanol–water partition coefficient (Wildman–Crippen LogP) is 1.14. The van der Waals surface area contributed by atoms with Crippen LogP contribution in [0.1, 0.15) is 46.5 Å². The lowest BCUT2D eigenvalue weighted by Gasteiger charge is -2.28. The molecular weight excluding hydrogens is 254 g/mol. The minimum atomic E-state index is 0.0392. The molecule has 1 heterocycles. The van der Waals surface area contributed by atoms with Gasteiger partial charge in [-0.2, -0.15) is 0 Å². The van der Waals surface area contributed by atoms with Crippen molar-refractivity contribution in [1.29, 1.82) is 0 Å². The molecule has 1 fully saturated rings. The lowest BCUT2D eigenvalue weighted by molar-refractivity contribution is -0.133. The Morgan fingerprint density at radius 1 is 1.40 bits per heavy atom. The number of carbonyl (C=O) groups is 2. The SMILES string of the molecule is CCCN(C(=O)CCNC(=O)CC(C)C)C1CCNC1. The second-order valence-corrected chi connectivity index (χ2v) is 5.93. The van der Waals surface area contributed by atoms with Gasteiger partial charge in [-0.25, -0.2) is 0 Å². The number of nitrogens with one attached hydrogen (secondary N) is 2. The number of rotatable bonds is 8. The molecule has 2 amide bonds. The van der Waals surface area contributed by atoms with Crippen LogP contribution in [-0.2, 0) is 9.59 Å². The van der Waals surface area contributed by atoms with Crippen molar-refractivity contribution in [2.75, 3.05) is 26.2 Å². The fraction of sp³-hybridized carbons (Fsp3) is 0.867. The molecule has 0 aromatic carbocycles. The molecule has 1 atom stereocenters. The molecule has 1 aliphatic rings. The second kappa shape index (κ2) is 8.95. The van der Waals surface area contributed by atoms with Crippen molar-refractivity contribution in [1.82, 2.24) is 15.5 Å². The first-order valence-electron chi connectivity index (χ1n) is 7.81. The summed E-state index contributed by atoms with van der Waals surface area (Å²) in [5, 5.41) is 6.13. The molecule has 1 saturated heterocycles. The highest BCUT2D eigenvalue weighted by atomic mass is 16.2. The van der Waals surface area contributed by atoms with Crippen LogP contribution in [0.2, 0.25) is 0 Å². The monoisotopic (exact) mass is 283 g/mol. The van der Waals surface area contributed by atoms with Gasteiger partial charge >= 0.3 is 0 Å². The van der Waals surface area contributed by atoms with Crippen LogP contribution in [0.3, 0.4) is 0 Å². The second-order valence-electron chi connectivity index (χ2n) is 5.93. The maximum Gasteiger partial charge on any atom is 0.224 e. The van der Waals surface area contributed by atoms with Gasteiger partial charge in [0.1, 0.15) is 0 Å². The Morgan fingerprint density at radius 2 is 2.15 bits per heavy atom. The molecule has 116 valence electrons. The van der Waals surface area contributed by atoms with Crippen molar-refractivity contribution in [3.8, 4) is 0 Å². The van der Waals surface area contributed by atoms with Crippen molar-refractivity contribution in [2.24, 2.45) is 5.92 Å². The summed E-state index contributed by atoms with van der Waals surface area (Å²) in [5.41, 5.74) is 0. The molecule has 0 aliphatic carbocycles. The lowest BCUT2D eigenvalue weighted by atomic mass is 10.1. The highest BCUT2D eigenvalue weighted by molar-refractivity contribution is 5.79. The van der Waals surface area contributed by atoms with Crippen LogP contribution < -0.4 is 10.6 Å². The fourth-order valence-electron chi connectivity index (χ4n) is 2.55. The minimum absolute atomic E-state index is 0.0392. The molecule has 1 unspecified atom stereocenters. The Labute approximate surface area is 122 Å². The number of carbonyl (C=O) groups excluding carboxylic acids is 2. The van der Waals surface area contributed by atoms with Crippen LogP contribution in [0, 0.1) is 5.92 Å². The Balaban J connectivity index is 2.32. The van der Waals surface area contributed by atoms with Crippen molar-refractivity contribution >= 4 is 11.8 Å². The molecule has 2 N–H and O–H groups in total. The van der Waals surface area contributed by atoms with E-state index < -0.39 is 0 Å². The molecule has 1 aliphatic heterocycles. The fourth-order valence-corrected chi connectivity index (χ4v) is 2.55. The quantitative estimate of drug-likeness (QED) is 0.702. The van der Waals surface area contributed by atoms with Gasteiger partial charge in [0.2, 0.25) is 11.8 Å². The van der Waals surface area contributed by atoms with Crippen molar-refractivity contribution < 1.29 is 9.59 Å². The van der Waals surface area contributed by atoms with Gasteiger partial charge in [-0.15, -0.1) is 0 Å². The molecule has 0 aromatic rings. The maximum absolute atomic E-state index is 12.3. The van der Waals surface area contributed by atoms with Gasteiger partial charge in [-0.05, 0) is 25.3 Å². The van der Waals surface area contributed by atoms with E-state index in [-0.39, 0.29) is 11.8 Å². The van der Waals surface area contributed by atoms with Gasteiger partial charge in [-0.1, -0.05) is 20.8 Å².